The Morgan fingerprint density at radius 2 is 2.08 bits per heavy atom. The number of halogens is 1. The maximum Gasteiger partial charge on any atom is 0.332 e. The molecule has 136 valence electrons. The summed E-state index contributed by atoms with van der Waals surface area (Å²) in [5.74, 6) is 0.517. The third-order valence-electron chi connectivity index (χ3n) is 4.87. The van der Waals surface area contributed by atoms with Crippen LogP contribution in [0.25, 0.3) is 0 Å². The van der Waals surface area contributed by atoms with E-state index in [4.69, 9.17) is 0 Å². The first-order valence-corrected chi connectivity index (χ1v) is 8.65. The van der Waals surface area contributed by atoms with Crippen LogP contribution in [-0.4, -0.2) is 22.2 Å². The zero-order chi connectivity index (χ0) is 18.8. The highest BCUT2D eigenvalue weighted by Crippen LogP contribution is 2.22. The number of aromatic nitrogens is 2. The van der Waals surface area contributed by atoms with Crippen LogP contribution in [-0.2, 0) is 13.6 Å². The smallest absolute Gasteiger partial charge is 0.332 e. The van der Waals surface area contributed by atoms with E-state index < -0.39 is 11.5 Å². The van der Waals surface area contributed by atoms with Gasteiger partial charge in [-0.15, -0.1) is 0 Å². The molecule has 1 aliphatic rings. The van der Waals surface area contributed by atoms with Crippen LogP contribution in [0.4, 0.5) is 10.2 Å². The van der Waals surface area contributed by atoms with Crippen LogP contribution in [0.3, 0.4) is 0 Å². The molecule has 2 aromatic rings. The number of hydrogen-bond acceptors (Lipinski definition) is 4. The van der Waals surface area contributed by atoms with Gasteiger partial charge < -0.3 is 4.90 Å². The van der Waals surface area contributed by atoms with Crippen LogP contribution in [0.5, 0.6) is 0 Å². The molecule has 0 saturated carbocycles. The van der Waals surface area contributed by atoms with E-state index in [-0.39, 0.29) is 12.1 Å². The molecule has 2 heterocycles. The molecule has 1 fully saturated rings. The minimum absolute atomic E-state index is 0.0355. The van der Waals surface area contributed by atoms with E-state index in [9.17, 15) is 19.2 Å². The van der Waals surface area contributed by atoms with Gasteiger partial charge in [0, 0.05) is 26.2 Å². The first kappa shape index (κ1) is 17.9. The van der Waals surface area contributed by atoms with Crippen molar-refractivity contribution in [3.8, 4) is 6.07 Å². The van der Waals surface area contributed by atoms with Gasteiger partial charge in [-0.2, -0.15) is 5.26 Å². The monoisotopic (exact) mass is 356 g/mol. The minimum Gasteiger partial charge on any atom is -0.357 e. The quantitative estimate of drug-likeness (QED) is 0.841. The Hall–Kier alpha value is -2.88. The Labute approximate surface area is 150 Å². The maximum atomic E-state index is 13.7. The average Bonchev–Trinajstić information content (AvgIpc) is 2.62. The number of benzene rings is 1. The van der Waals surface area contributed by atoms with E-state index in [2.05, 4.69) is 6.92 Å². The van der Waals surface area contributed by atoms with Gasteiger partial charge in [0.15, 0.2) is 0 Å². The molecule has 1 unspecified atom stereocenters. The lowest BCUT2D eigenvalue weighted by molar-refractivity contribution is 0.437. The van der Waals surface area contributed by atoms with Crippen LogP contribution in [0.1, 0.15) is 30.9 Å². The Morgan fingerprint density at radius 1 is 1.31 bits per heavy atom. The maximum absolute atomic E-state index is 13.7. The van der Waals surface area contributed by atoms with Gasteiger partial charge in [0.1, 0.15) is 11.6 Å². The number of hydrogen-bond donors (Lipinski definition) is 0. The van der Waals surface area contributed by atoms with Crippen LogP contribution in [0.2, 0.25) is 0 Å². The van der Waals surface area contributed by atoms with Gasteiger partial charge in [-0.25, -0.2) is 9.18 Å². The van der Waals surface area contributed by atoms with Gasteiger partial charge in [0.2, 0.25) is 0 Å². The molecule has 0 N–H and O–H groups in total. The van der Waals surface area contributed by atoms with Gasteiger partial charge in [-0.1, -0.05) is 6.92 Å². The van der Waals surface area contributed by atoms with Gasteiger partial charge in [0.05, 0.1) is 18.2 Å². The second-order valence-electron chi connectivity index (χ2n) is 6.88. The molecule has 1 aromatic carbocycles. The summed E-state index contributed by atoms with van der Waals surface area (Å²) < 4.78 is 16.2. The lowest BCUT2D eigenvalue weighted by atomic mass is 10.0. The highest BCUT2D eigenvalue weighted by atomic mass is 19.1. The van der Waals surface area contributed by atoms with E-state index in [1.165, 1.54) is 35.9 Å². The molecule has 0 radical (unpaired) electrons. The second-order valence-corrected chi connectivity index (χ2v) is 6.88. The minimum atomic E-state index is -0.473. The predicted octanol–water partition coefficient (Wildman–Crippen LogP) is 1.84. The first-order valence-electron chi connectivity index (χ1n) is 8.65. The number of nitrogens with zero attached hydrogens (tertiary/aromatic N) is 4. The third kappa shape index (κ3) is 3.40. The fraction of sp³-hybridized carbons (Fsp3) is 0.421. The summed E-state index contributed by atoms with van der Waals surface area (Å²) in [5, 5.41) is 9.28. The third-order valence-corrected chi connectivity index (χ3v) is 4.87. The molecule has 1 aromatic heterocycles. The topological polar surface area (TPSA) is 71.0 Å². The second kappa shape index (κ2) is 7.16. The van der Waals surface area contributed by atoms with Gasteiger partial charge in [-0.3, -0.25) is 13.9 Å². The van der Waals surface area contributed by atoms with Crippen molar-refractivity contribution in [3.05, 3.63) is 62.0 Å². The van der Waals surface area contributed by atoms with Crippen molar-refractivity contribution in [2.75, 3.05) is 18.0 Å². The molecule has 1 atom stereocenters. The molecule has 6 nitrogen and oxygen atoms in total. The predicted molar refractivity (Wildman–Crippen MR) is 96.8 cm³/mol. The molecule has 3 rings (SSSR count). The van der Waals surface area contributed by atoms with E-state index in [0.29, 0.717) is 22.9 Å². The normalized spacial score (nSPS) is 17.2. The molecular weight excluding hydrogens is 335 g/mol. The number of anilines is 1. The van der Waals surface area contributed by atoms with Crippen LogP contribution >= 0.6 is 0 Å². The summed E-state index contributed by atoms with van der Waals surface area (Å²) in [6.45, 7) is 3.68. The van der Waals surface area contributed by atoms with Gasteiger partial charge >= 0.3 is 5.69 Å². The molecule has 0 spiro atoms. The number of piperidine rings is 1. The van der Waals surface area contributed by atoms with Crippen molar-refractivity contribution in [1.82, 2.24) is 9.13 Å². The summed E-state index contributed by atoms with van der Waals surface area (Å²) in [7, 11) is 1.42. The van der Waals surface area contributed by atoms with E-state index in [1.54, 1.807) is 0 Å². The van der Waals surface area contributed by atoms with Gasteiger partial charge in [-0.05, 0) is 42.5 Å². The van der Waals surface area contributed by atoms with Gasteiger partial charge in [0.25, 0.3) is 5.56 Å². The first-order chi connectivity index (χ1) is 12.4. The van der Waals surface area contributed by atoms with Crippen molar-refractivity contribution < 1.29 is 4.39 Å². The Bertz CT molecular complexity index is 986. The Kier molecular flexibility index (Phi) is 4.94. The Balaban J connectivity index is 2.13. The zero-order valence-corrected chi connectivity index (χ0v) is 14.9. The highest BCUT2D eigenvalue weighted by molar-refractivity contribution is 5.42. The molecule has 0 aliphatic carbocycles. The van der Waals surface area contributed by atoms with Crippen LogP contribution in [0.15, 0.2) is 33.9 Å². The molecule has 1 saturated heterocycles. The highest BCUT2D eigenvalue weighted by Gasteiger charge is 2.22. The van der Waals surface area contributed by atoms with Crippen molar-refractivity contribution in [3.63, 3.8) is 0 Å². The van der Waals surface area contributed by atoms with Crippen molar-refractivity contribution in [2.45, 2.75) is 26.3 Å². The summed E-state index contributed by atoms with van der Waals surface area (Å²) in [6.07, 6.45) is 2.09. The zero-order valence-electron chi connectivity index (χ0n) is 14.9. The number of rotatable bonds is 3. The summed E-state index contributed by atoms with van der Waals surface area (Å²) >= 11 is 0. The van der Waals surface area contributed by atoms with Crippen molar-refractivity contribution in [1.29, 1.82) is 5.26 Å². The van der Waals surface area contributed by atoms with E-state index in [1.807, 2.05) is 11.0 Å². The SMILES string of the molecule is CC1CCCN(c2cc(=O)n(C)c(=O)n2Cc2cc(F)ccc2C#N)C1. The number of nitriles is 1. The van der Waals surface area contributed by atoms with Crippen LogP contribution < -0.4 is 16.1 Å². The lowest BCUT2D eigenvalue weighted by Crippen LogP contribution is -2.44. The standard InChI is InChI=1S/C19H21FN4O2/c1-13-4-3-7-23(11-13)17-9-18(25)22(2)19(26)24(17)12-15-8-16(20)6-5-14(15)10-21/h5-6,8-9,13H,3-4,7,11-12H2,1-2H3. The molecule has 26 heavy (non-hydrogen) atoms. The summed E-state index contributed by atoms with van der Waals surface area (Å²) in [4.78, 5) is 27.0. The van der Waals surface area contributed by atoms with E-state index >= 15 is 0 Å². The van der Waals surface area contributed by atoms with Crippen molar-refractivity contribution >= 4 is 5.82 Å². The Morgan fingerprint density at radius 3 is 2.77 bits per heavy atom. The van der Waals surface area contributed by atoms with Crippen LogP contribution in [0, 0.1) is 23.1 Å². The molecule has 0 amide bonds. The van der Waals surface area contributed by atoms with E-state index in [0.717, 1.165) is 30.5 Å². The molecule has 7 heteroatoms. The largest absolute Gasteiger partial charge is 0.357 e. The molecule has 1 aliphatic heterocycles. The molecule has 0 bridgehead atoms. The summed E-state index contributed by atoms with van der Waals surface area (Å²) in [6, 6.07) is 7.37. The summed E-state index contributed by atoms with van der Waals surface area (Å²) in [5.41, 5.74) is -0.122. The fourth-order valence-electron chi connectivity index (χ4n) is 3.44. The molecular formula is C19H21FN4O2. The lowest BCUT2D eigenvalue weighted by Gasteiger charge is -2.34. The van der Waals surface area contributed by atoms with Crippen molar-refractivity contribution in [2.24, 2.45) is 13.0 Å². The average molecular weight is 356 g/mol. The fourth-order valence-corrected chi connectivity index (χ4v) is 3.44.